The molecule has 0 saturated heterocycles. The van der Waals surface area contributed by atoms with Crippen molar-refractivity contribution in [2.45, 2.75) is 4.90 Å². The molecule has 3 N–H and O–H groups in total. The zero-order valence-corrected chi connectivity index (χ0v) is 11.3. The molecule has 1 aromatic carbocycles. The predicted octanol–water partition coefficient (Wildman–Crippen LogP) is 2.40. The Labute approximate surface area is 118 Å². The van der Waals surface area contributed by atoms with Gasteiger partial charge in [0.05, 0.1) is 5.69 Å². The maximum atomic E-state index is 13.6. The Bertz CT molecular complexity index is 745. The van der Waals surface area contributed by atoms with Crippen LogP contribution in [0, 0.1) is 11.6 Å². The smallest absolute Gasteiger partial charge is 0.267 e. The summed E-state index contributed by atoms with van der Waals surface area (Å²) in [5.74, 6) is -2.56. The minimum atomic E-state index is -4.45. The number of nitrogens with two attached hydrogens (primary N) is 1. The van der Waals surface area contributed by atoms with Crippen molar-refractivity contribution >= 4 is 33.0 Å². The van der Waals surface area contributed by atoms with E-state index in [0.29, 0.717) is 0 Å². The van der Waals surface area contributed by atoms with Gasteiger partial charge in [-0.05, 0) is 24.3 Å². The number of hydrogen-bond donors (Lipinski definition) is 2. The van der Waals surface area contributed by atoms with Gasteiger partial charge in [-0.1, -0.05) is 11.6 Å². The molecule has 2 rings (SSSR count). The van der Waals surface area contributed by atoms with Gasteiger partial charge in [-0.3, -0.25) is 4.72 Å². The SMILES string of the molecule is Nc1cc(F)c(S(=O)(=O)Nc2ccnc(Cl)c2)c(F)c1. The first kappa shape index (κ1) is 14.5. The number of aromatic nitrogens is 1. The van der Waals surface area contributed by atoms with E-state index in [0.717, 1.165) is 12.1 Å². The molecule has 0 aliphatic heterocycles. The summed E-state index contributed by atoms with van der Waals surface area (Å²) in [6.45, 7) is 0. The van der Waals surface area contributed by atoms with E-state index in [1.54, 1.807) is 0 Å². The predicted molar refractivity (Wildman–Crippen MR) is 70.8 cm³/mol. The van der Waals surface area contributed by atoms with Gasteiger partial charge in [-0.15, -0.1) is 0 Å². The lowest BCUT2D eigenvalue weighted by molar-refractivity contribution is 0.522. The van der Waals surface area contributed by atoms with E-state index >= 15 is 0 Å². The summed E-state index contributed by atoms with van der Waals surface area (Å²) in [7, 11) is -4.45. The highest BCUT2D eigenvalue weighted by atomic mass is 35.5. The molecule has 1 aromatic heterocycles. The van der Waals surface area contributed by atoms with Crippen molar-refractivity contribution in [2.24, 2.45) is 0 Å². The quantitative estimate of drug-likeness (QED) is 0.672. The van der Waals surface area contributed by atoms with Crippen molar-refractivity contribution in [3.63, 3.8) is 0 Å². The Morgan fingerprint density at radius 1 is 1.20 bits per heavy atom. The number of rotatable bonds is 3. The molecule has 9 heteroatoms. The third kappa shape index (κ3) is 2.97. The molecule has 0 fully saturated rings. The van der Waals surface area contributed by atoms with Crippen LogP contribution >= 0.6 is 11.6 Å². The first-order valence-corrected chi connectivity index (χ1v) is 7.04. The lowest BCUT2D eigenvalue weighted by Crippen LogP contribution is -2.16. The second-order valence-corrected chi connectivity index (χ2v) is 5.79. The molecule has 0 atom stereocenters. The van der Waals surface area contributed by atoms with Gasteiger partial charge in [0, 0.05) is 11.9 Å². The van der Waals surface area contributed by atoms with Gasteiger partial charge < -0.3 is 5.73 Å². The standard InChI is InChI=1S/C11H8ClF2N3O2S/c12-10-5-7(1-2-16-10)17-20(18,19)11-8(13)3-6(15)4-9(11)14/h1-5H,15H2,(H,16,17). The number of halogens is 3. The van der Waals surface area contributed by atoms with Crippen LogP contribution in [-0.2, 0) is 10.0 Å². The highest BCUT2D eigenvalue weighted by molar-refractivity contribution is 7.92. The van der Waals surface area contributed by atoms with E-state index in [1.807, 2.05) is 4.72 Å². The molecule has 0 bridgehead atoms. The summed E-state index contributed by atoms with van der Waals surface area (Å²) < 4.78 is 53.2. The molecule has 0 saturated carbocycles. The molecular weight excluding hydrogens is 312 g/mol. The van der Waals surface area contributed by atoms with Crippen molar-refractivity contribution in [2.75, 3.05) is 10.5 Å². The highest BCUT2D eigenvalue weighted by Gasteiger charge is 2.24. The average Bonchev–Trinajstić information content (AvgIpc) is 2.25. The number of pyridine rings is 1. The molecule has 0 radical (unpaired) electrons. The maximum Gasteiger partial charge on any atom is 0.267 e. The molecule has 0 amide bonds. The molecular formula is C11H8ClF2N3O2S. The third-order valence-electron chi connectivity index (χ3n) is 2.27. The van der Waals surface area contributed by atoms with Crippen molar-refractivity contribution in [3.8, 4) is 0 Å². The normalized spacial score (nSPS) is 11.3. The molecule has 0 aliphatic rings. The minimum absolute atomic E-state index is 0.0284. The fraction of sp³-hybridized carbons (Fsp3) is 0. The van der Waals surface area contributed by atoms with Crippen molar-refractivity contribution in [3.05, 3.63) is 47.2 Å². The van der Waals surface area contributed by atoms with Crippen LogP contribution in [-0.4, -0.2) is 13.4 Å². The molecule has 20 heavy (non-hydrogen) atoms. The van der Waals surface area contributed by atoms with Crippen LogP contribution in [0.1, 0.15) is 0 Å². The summed E-state index contributed by atoms with van der Waals surface area (Å²) in [4.78, 5) is 2.54. The summed E-state index contributed by atoms with van der Waals surface area (Å²) in [5.41, 5.74) is 5.03. The highest BCUT2D eigenvalue weighted by Crippen LogP contribution is 2.24. The average molecular weight is 320 g/mol. The number of benzene rings is 1. The van der Waals surface area contributed by atoms with Gasteiger partial charge in [0.1, 0.15) is 16.8 Å². The summed E-state index contributed by atoms with van der Waals surface area (Å²) in [5, 5.41) is 0.0310. The Hall–Kier alpha value is -1.93. The number of sulfonamides is 1. The van der Waals surface area contributed by atoms with Crippen molar-refractivity contribution in [1.82, 2.24) is 4.98 Å². The lowest BCUT2D eigenvalue weighted by Gasteiger charge is -2.10. The molecule has 106 valence electrons. The van der Waals surface area contributed by atoms with E-state index in [1.165, 1.54) is 18.3 Å². The molecule has 0 spiro atoms. The zero-order chi connectivity index (χ0) is 14.9. The summed E-state index contributed by atoms with van der Waals surface area (Å²) >= 11 is 5.59. The van der Waals surface area contributed by atoms with Crippen LogP contribution in [0.2, 0.25) is 5.15 Å². The third-order valence-corrected chi connectivity index (χ3v) is 3.91. The maximum absolute atomic E-state index is 13.6. The van der Waals surface area contributed by atoms with Gasteiger partial charge in [0.15, 0.2) is 4.90 Å². The van der Waals surface area contributed by atoms with Crippen LogP contribution < -0.4 is 10.5 Å². The fourth-order valence-corrected chi connectivity index (χ4v) is 2.85. The second kappa shape index (κ2) is 5.22. The summed E-state index contributed by atoms with van der Waals surface area (Å²) in [6, 6.07) is 3.93. The first-order chi connectivity index (χ1) is 9.29. The molecule has 0 aliphatic carbocycles. The van der Waals surface area contributed by atoms with Gasteiger partial charge in [-0.2, -0.15) is 0 Å². The van der Waals surface area contributed by atoms with Crippen LogP contribution in [0.3, 0.4) is 0 Å². The first-order valence-electron chi connectivity index (χ1n) is 5.18. The lowest BCUT2D eigenvalue weighted by atomic mass is 10.3. The van der Waals surface area contributed by atoms with E-state index in [-0.39, 0.29) is 16.5 Å². The fourth-order valence-electron chi connectivity index (χ4n) is 1.51. The second-order valence-electron chi connectivity index (χ2n) is 3.79. The number of nitrogen functional groups attached to an aromatic ring is 1. The van der Waals surface area contributed by atoms with Crippen LogP contribution in [0.5, 0.6) is 0 Å². The molecule has 1 heterocycles. The Kier molecular flexibility index (Phi) is 3.78. The van der Waals surface area contributed by atoms with Gasteiger partial charge >= 0.3 is 0 Å². The number of nitrogens with zero attached hydrogens (tertiary/aromatic N) is 1. The Morgan fingerprint density at radius 3 is 2.35 bits per heavy atom. The van der Waals surface area contributed by atoms with Gasteiger partial charge in [0.2, 0.25) is 0 Å². The van der Waals surface area contributed by atoms with E-state index in [9.17, 15) is 17.2 Å². The van der Waals surface area contributed by atoms with Crippen LogP contribution in [0.25, 0.3) is 0 Å². The monoisotopic (exact) mass is 319 g/mol. The van der Waals surface area contributed by atoms with Gasteiger partial charge in [0.25, 0.3) is 10.0 Å². The van der Waals surface area contributed by atoms with Crippen LogP contribution in [0.4, 0.5) is 20.2 Å². The van der Waals surface area contributed by atoms with Crippen molar-refractivity contribution < 1.29 is 17.2 Å². The zero-order valence-electron chi connectivity index (χ0n) is 9.77. The topological polar surface area (TPSA) is 85.1 Å². The van der Waals surface area contributed by atoms with Crippen LogP contribution in [0.15, 0.2) is 35.4 Å². The van der Waals surface area contributed by atoms with Crippen molar-refractivity contribution in [1.29, 1.82) is 0 Å². The minimum Gasteiger partial charge on any atom is -0.399 e. The molecule has 2 aromatic rings. The Morgan fingerprint density at radius 2 is 1.80 bits per heavy atom. The number of hydrogen-bond acceptors (Lipinski definition) is 4. The summed E-state index contributed by atoms with van der Waals surface area (Å²) in [6.07, 6.45) is 1.25. The largest absolute Gasteiger partial charge is 0.399 e. The number of nitrogens with one attached hydrogen (secondary N) is 1. The molecule has 5 nitrogen and oxygen atoms in total. The number of anilines is 2. The molecule has 0 unspecified atom stereocenters. The van der Waals surface area contributed by atoms with E-state index in [4.69, 9.17) is 17.3 Å². The van der Waals surface area contributed by atoms with Gasteiger partial charge in [-0.25, -0.2) is 22.2 Å². The van der Waals surface area contributed by atoms with E-state index in [2.05, 4.69) is 4.98 Å². The van der Waals surface area contributed by atoms with E-state index < -0.39 is 26.6 Å². The Balaban J connectivity index is 2.46.